The van der Waals surface area contributed by atoms with E-state index >= 15 is 0 Å². The van der Waals surface area contributed by atoms with Crippen LogP contribution in [0.3, 0.4) is 0 Å². The maximum atomic E-state index is 9.53. The highest BCUT2D eigenvalue weighted by atomic mass is 15.2. The molecule has 3 aromatic heterocycles. The molecule has 1 aliphatic heterocycles. The van der Waals surface area contributed by atoms with Crippen molar-refractivity contribution in [3.8, 4) is 17.2 Å². The van der Waals surface area contributed by atoms with Gasteiger partial charge in [0.2, 0.25) is 0 Å². The first-order valence-electron chi connectivity index (χ1n) is 9.43. The molecule has 1 aliphatic rings. The summed E-state index contributed by atoms with van der Waals surface area (Å²) in [6, 6.07) is 8.29. The normalized spacial score (nSPS) is 15.2. The van der Waals surface area contributed by atoms with E-state index in [0.29, 0.717) is 5.56 Å². The first-order chi connectivity index (χ1) is 14.2. The van der Waals surface area contributed by atoms with Crippen LogP contribution >= 0.6 is 0 Å². The van der Waals surface area contributed by atoms with E-state index in [1.807, 2.05) is 30.6 Å². The Morgan fingerprint density at radius 2 is 2.14 bits per heavy atom. The number of hydrogen-bond acceptors (Lipinski definition) is 7. The number of aromatic nitrogens is 3. The summed E-state index contributed by atoms with van der Waals surface area (Å²) in [5.74, 6) is 0.956. The molecule has 0 atom stereocenters. The molecule has 4 heterocycles. The van der Waals surface area contributed by atoms with Crippen LogP contribution in [0.1, 0.15) is 11.1 Å². The maximum Gasteiger partial charge on any atom is 0.128 e. The molecule has 3 N–H and O–H groups in total. The zero-order valence-corrected chi connectivity index (χ0v) is 16.2. The van der Waals surface area contributed by atoms with Gasteiger partial charge in [-0.05, 0) is 18.2 Å². The lowest BCUT2D eigenvalue weighted by Gasteiger charge is -2.28. The lowest BCUT2D eigenvalue weighted by Crippen LogP contribution is -2.43. The number of fused-ring (bicyclic) bond motifs is 1. The molecule has 29 heavy (non-hydrogen) atoms. The smallest absolute Gasteiger partial charge is 0.128 e. The molecule has 8 heteroatoms. The van der Waals surface area contributed by atoms with Gasteiger partial charge < -0.3 is 16.0 Å². The Balaban J connectivity index is 1.83. The minimum Gasteiger partial charge on any atom is -0.404 e. The number of nitrogens with zero attached hydrogens (tertiary/aromatic N) is 6. The Morgan fingerprint density at radius 1 is 1.31 bits per heavy atom. The van der Waals surface area contributed by atoms with Gasteiger partial charge in [-0.1, -0.05) is 0 Å². The fourth-order valence-corrected chi connectivity index (χ4v) is 3.56. The Hall–Kier alpha value is -3.70. The predicted octanol–water partition coefficient (Wildman–Crippen LogP) is 1.68. The molecule has 0 aliphatic carbocycles. The average Bonchev–Trinajstić information content (AvgIpc) is 3.21. The Kier molecular flexibility index (Phi) is 5.22. The van der Waals surface area contributed by atoms with Crippen molar-refractivity contribution in [2.24, 2.45) is 10.7 Å². The largest absolute Gasteiger partial charge is 0.404 e. The summed E-state index contributed by atoms with van der Waals surface area (Å²) in [5.41, 5.74) is 10.5. The van der Waals surface area contributed by atoms with E-state index in [9.17, 15) is 5.26 Å². The van der Waals surface area contributed by atoms with E-state index in [-0.39, 0.29) is 0 Å². The average molecular weight is 386 g/mol. The van der Waals surface area contributed by atoms with Crippen molar-refractivity contribution in [3.63, 3.8) is 0 Å². The van der Waals surface area contributed by atoms with Gasteiger partial charge in [-0.15, -0.1) is 0 Å². The first-order valence-corrected chi connectivity index (χ1v) is 9.43. The highest BCUT2D eigenvalue weighted by Crippen LogP contribution is 2.30. The van der Waals surface area contributed by atoms with Crippen molar-refractivity contribution in [2.45, 2.75) is 0 Å². The minimum absolute atomic E-state index is 0.514. The number of allylic oxidation sites excluding steroid dienone is 1. The molecule has 146 valence electrons. The van der Waals surface area contributed by atoms with Gasteiger partial charge in [0.25, 0.3) is 0 Å². The van der Waals surface area contributed by atoms with Crippen LogP contribution in [0.15, 0.2) is 48.0 Å². The number of anilines is 1. The van der Waals surface area contributed by atoms with Crippen LogP contribution < -0.4 is 16.0 Å². The van der Waals surface area contributed by atoms with Crippen molar-refractivity contribution in [1.29, 1.82) is 5.26 Å². The minimum atomic E-state index is 0.514. The molecular weight excluding hydrogens is 364 g/mol. The van der Waals surface area contributed by atoms with Crippen LogP contribution in [-0.2, 0) is 0 Å². The zero-order chi connectivity index (χ0) is 20.2. The monoisotopic (exact) mass is 386 g/mol. The number of nitriles is 1. The second kappa shape index (κ2) is 8.12. The third-order valence-electron chi connectivity index (χ3n) is 5.01. The predicted molar refractivity (Wildman–Crippen MR) is 115 cm³/mol. The molecule has 1 fully saturated rings. The summed E-state index contributed by atoms with van der Waals surface area (Å²) >= 11 is 0. The second-order valence-electron chi connectivity index (χ2n) is 6.76. The molecule has 8 nitrogen and oxygen atoms in total. The van der Waals surface area contributed by atoms with E-state index in [1.165, 1.54) is 6.20 Å². The summed E-state index contributed by atoms with van der Waals surface area (Å²) in [6.07, 6.45) is 8.49. The van der Waals surface area contributed by atoms with Crippen LogP contribution in [0.4, 0.5) is 5.82 Å². The SMILES string of the molecule is CN=CC(=CN)c1cc(-c2ccc(N3CCNCC3)nc2)c2c(C#N)cnn2c1. The number of pyridine rings is 2. The molecule has 0 spiro atoms. The number of rotatable bonds is 4. The van der Waals surface area contributed by atoms with Gasteiger partial charge in [-0.25, -0.2) is 9.50 Å². The zero-order valence-electron chi connectivity index (χ0n) is 16.2. The fourth-order valence-electron chi connectivity index (χ4n) is 3.56. The molecular formula is C21H22N8. The molecule has 0 saturated carbocycles. The van der Waals surface area contributed by atoms with Crippen LogP contribution in [0.2, 0.25) is 0 Å². The number of piperazine rings is 1. The number of nitrogens with one attached hydrogen (secondary N) is 1. The molecule has 0 unspecified atom stereocenters. The number of aliphatic imine (C=N–C) groups is 1. The standard InChI is InChI=1S/C21H22N8/c1-24-11-17(9-22)16-8-19(21-18(10-23)13-27-29(21)14-16)15-2-3-20(26-12-15)28-6-4-25-5-7-28/h2-3,8-9,11-14,25H,4-7,22H2,1H3. The fraction of sp³-hybridized carbons (Fsp3) is 0.238. The molecule has 0 radical (unpaired) electrons. The van der Waals surface area contributed by atoms with Crippen molar-refractivity contribution in [3.05, 3.63) is 54.1 Å². The Morgan fingerprint density at radius 3 is 2.79 bits per heavy atom. The number of nitrogens with two attached hydrogens (primary N) is 1. The summed E-state index contributed by atoms with van der Waals surface area (Å²) in [5, 5.41) is 17.2. The van der Waals surface area contributed by atoms with Crippen molar-refractivity contribution >= 4 is 23.1 Å². The van der Waals surface area contributed by atoms with E-state index in [1.54, 1.807) is 24.0 Å². The molecule has 4 rings (SSSR count). The Labute approximate surface area is 169 Å². The number of hydrogen-bond donors (Lipinski definition) is 2. The topological polar surface area (TPSA) is 108 Å². The van der Waals surface area contributed by atoms with E-state index in [2.05, 4.69) is 31.4 Å². The van der Waals surface area contributed by atoms with Crippen LogP contribution in [0, 0.1) is 11.3 Å². The summed E-state index contributed by atoms with van der Waals surface area (Å²) < 4.78 is 1.71. The Bertz CT molecular complexity index is 1110. The van der Waals surface area contributed by atoms with Crippen LogP contribution in [0.5, 0.6) is 0 Å². The van der Waals surface area contributed by atoms with Crippen molar-refractivity contribution in [1.82, 2.24) is 19.9 Å². The third kappa shape index (κ3) is 3.56. The van der Waals surface area contributed by atoms with E-state index < -0.39 is 0 Å². The van der Waals surface area contributed by atoms with Gasteiger partial charge in [-0.2, -0.15) is 10.4 Å². The summed E-state index contributed by atoms with van der Waals surface area (Å²) in [6.45, 7) is 3.80. The summed E-state index contributed by atoms with van der Waals surface area (Å²) in [4.78, 5) is 11.0. The molecule has 3 aromatic rings. The highest BCUT2D eigenvalue weighted by molar-refractivity contribution is 6.10. The van der Waals surface area contributed by atoms with Gasteiger partial charge in [0.05, 0.1) is 17.3 Å². The molecule has 0 aromatic carbocycles. The highest BCUT2D eigenvalue weighted by Gasteiger charge is 2.16. The summed E-state index contributed by atoms with van der Waals surface area (Å²) in [7, 11) is 1.70. The van der Waals surface area contributed by atoms with Crippen LogP contribution in [-0.4, -0.2) is 54.0 Å². The van der Waals surface area contributed by atoms with Gasteiger partial charge in [0.15, 0.2) is 0 Å². The van der Waals surface area contributed by atoms with E-state index in [4.69, 9.17) is 5.73 Å². The lowest BCUT2D eigenvalue weighted by molar-refractivity contribution is 0.585. The van der Waals surface area contributed by atoms with Gasteiger partial charge in [-0.3, -0.25) is 4.99 Å². The van der Waals surface area contributed by atoms with Crippen molar-refractivity contribution in [2.75, 3.05) is 38.1 Å². The molecule has 1 saturated heterocycles. The lowest BCUT2D eigenvalue weighted by atomic mass is 10.0. The van der Waals surface area contributed by atoms with Crippen LogP contribution in [0.25, 0.3) is 22.2 Å². The second-order valence-corrected chi connectivity index (χ2v) is 6.76. The van der Waals surface area contributed by atoms with Gasteiger partial charge >= 0.3 is 0 Å². The van der Waals surface area contributed by atoms with Gasteiger partial charge in [0, 0.05) is 80.3 Å². The first kappa shape index (κ1) is 18.7. The quantitative estimate of drug-likeness (QED) is 0.661. The van der Waals surface area contributed by atoms with Crippen molar-refractivity contribution < 1.29 is 0 Å². The third-order valence-corrected chi connectivity index (χ3v) is 5.01. The molecule has 0 bridgehead atoms. The van der Waals surface area contributed by atoms with E-state index in [0.717, 1.165) is 59.8 Å². The van der Waals surface area contributed by atoms with Gasteiger partial charge in [0.1, 0.15) is 11.9 Å². The molecule has 0 amide bonds. The maximum absolute atomic E-state index is 9.53.